The van der Waals surface area contributed by atoms with Gasteiger partial charge in [0.15, 0.2) is 0 Å². The Morgan fingerprint density at radius 2 is 2.57 bits per heavy atom. The van der Waals surface area contributed by atoms with Gasteiger partial charge >= 0.3 is 0 Å². The molecule has 0 aromatic carbocycles. The molecule has 1 aliphatic rings. The molecule has 39 valence electrons. The normalized spacial score (nSPS) is 23.4. The first kappa shape index (κ1) is 4.98. The highest BCUT2D eigenvalue weighted by molar-refractivity contribution is 4.97. The second-order valence-electron chi connectivity index (χ2n) is 1.93. The van der Waals surface area contributed by atoms with Crippen molar-refractivity contribution in [3.05, 3.63) is 12.8 Å². The fourth-order valence-electron chi connectivity index (χ4n) is 0.832. The Balaban J connectivity index is 2.14. The van der Waals surface area contributed by atoms with Gasteiger partial charge in [0.05, 0.1) is 13.3 Å². The van der Waals surface area contributed by atoms with Crippen LogP contribution < -0.4 is 5.32 Å². The summed E-state index contributed by atoms with van der Waals surface area (Å²) < 4.78 is 0. The Hall–Kier alpha value is -0.170. The summed E-state index contributed by atoms with van der Waals surface area (Å²) in [5.41, 5.74) is 0. The molecule has 0 aliphatic carbocycles. The standard InChI is InChI=1S/C6H11N/c1-2-6-3-4-7-5-6/h7H,1-5H2/q+1. The van der Waals surface area contributed by atoms with Gasteiger partial charge in [-0.15, -0.1) is 0 Å². The lowest BCUT2D eigenvalue weighted by atomic mass is 10.1. The Morgan fingerprint density at radius 3 is 2.86 bits per heavy atom. The van der Waals surface area contributed by atoms with Crippen molar-refractivity contribution in [2.45, 2.75) is 12.8 Å². The maximum absolute atomic E-state index is 3.79. The highest BCUT2D eigenvalue weighted by atomic mass is 14.9. The van der Waals surface area contributed by atoms with E-state index >= 15 is 0 Å². The van der Waals surface area contributed by atoms with Crippen molar-refractivity contribution < 1.29 is 0 Å². The van der Waals surface area contributed by atoms with Crippen LogP contribution in [0.1, 0.15) is 12.8 Å². The van der Waals surface area contributed by atoms with Crippen LogP contribution >= 0.6 is 0 Å². The summed E-state index contributed by atoms with van der Waals surface area (Å²) in [7, 11) is 0. The minimum Gasteiger partial charge on any atom is -0.316 e. The van der Waals surface area contributed by atoms with Crippen LogP contribution in [0.2, 0.25) is 0 Å². The minimum atomic E-state index is 1.02. The summed E-state index contributed by atoms with van der Waals surface area (Å²) in [6, 6.07) is 0. The first-order valence-electron chi connectivity index (χ1n) is 2.77. The molecular formula is C6H11N+. The van der Waals surface area contributed by atoms with E-state index in [1.54, 1.807) is 5.92 Å². The van der Waals surface area contributed by atoms with Gasteiger partial charge in [-0.05, 0) is 13.0 Å². The van der Waals surface area contributed by atoms with Crippen LogP contribution in [0.25, 0.3) is 0 Å². The topological polar surface area (TPSA) is 12.0 Å². The molecule has 1 N–H and O–H groups in total. The summed E-state index contributed by atoms with van der Waals surface area (Å²) >= 11 is 0. The smallest absolute Gasteiger partial charge is 0.0926 e. The zero-order valence-electron chi connectivity index (χ0n) is 4.54. The quantitative estimate of drug-likeness (QED) is 0.477. The third-order valence-electron chi connectivity index (χ3n) is 1.38. The molecule has 1 aliphatic heterocycles. The Kier molecular flexibility index (Phi) is 1.58. The largest absolute Gasteiger partial charge is 0.316 e. The second-order valence-corrected chi connectivity index (χ2v) is 1.93. The third kappa shape index (κ3) is 1.10. The van der Waals surface area contributed by atoms with Crippen LogP contribution in [0.5, 0.6) is 0 Å². The van der Waals surface area contributed by atoms with Crippen molar-refractivity contribution in [1.29, 1.82) is 0 Å². The predicted molar refractivity (Wildman–Crippen MR) is 30.7 cm³/mol. The molecule has 1 fully saturated rings. The molecule has 0 unspecified atom stereocenters. The summed E-state index contributed by atoms with van der Waals surface area (Å²) in [6.45, 7) is 6.08. The summed E-state index contributed by atoms with van der Waals surface area (Å²) in [4.78, 5) is 0. The van der Waals surface area contributed by atoms with E-state index in [2.05, 4.69) is 12.2 Å². The number of nitrogens with one attached hydrogen (secondary N) is 1. The van der Waals surface area contributed by atoms with Gasteiger partial charge in [-0.25, -0.2) is 0 Å². The van der Waals surface area contributed by atoms with Crippen molar-refractivity contribution in [3.8, 4) is 0 Å². The van der Waals surface area contributed by atoms with Gasteiger partial charge in [0, 0.05) is 12.5 Å². The fourth-order valence-corrected chi connectivity index (χ4v) is 0.832. The highest BCUT2D eigenvalue weighted by Crippen LogP contribution is 2.12. The molecule has 0 saturated carbocycles. The molecule has 1 radical (unpaired) electrons. The predicted octanol–water partition coefficient (Wildman–Crippen LogP) is 0.778. The van der Waals surface area contributed by atoms with E-state index in [1.165, 1.54) is 13.0 Å². The molecule has 1 nitrogen and oxygen atoms in total. The van der Waals surface area contributed by atoms with E-state index in [-0.39, 0.29) is 0 Å². The lowest BCUT2D eigenvalue weighted by Gasteiger charge is -1.92. The van der Waals surface area contributed by atoms with Gasteiger partial charge in [-0.2, -0.15) is 0 Å². The minimum absolute atomic E-state index is 1.02. The van der Waals surface area contributed by atoms with Crippen molar-refractivity contribution >= 4 is 0 Å². The third-order valence-corrected chi connectivity index (χ3v) is 1.38. The molecule has 1 rings (SSSR count). The molecule has 0 bridgehead atoms. The number of rotatable bonds is 1. The SMILES string of the molecule is [CH2+]C[C]1CCNC1. The number of hydrogen-bond acceptors (Lipinski definition) is 1. The zero-order valence-corrected chi connectivity index (χ0v) is 4.54. The molecule has 1 heterocycles. The number of hydrogen-bond donors (Lipinski definition) is 1. The van der Waals surface area contributed by atoms with E-state index in [1.807, 2.05) is 0 Å². The summed E-state index contributed by atoms with van der Waals surface area (Å²) in [6.07, 6.45) is 2.27. The van der Waals surface area contributed by atoms with Gasteiger partial charge in [-0.3, -0.25) is 0 Å². The van der Waals surface area contributed by atoms with Crippen LogP contribution in [0.3, 0.4) is 0 Å². The first-order chi connectivity index (χ1) is 3.43. The molecule has 0 aromatic rings. The Morgan fingerprint density at radius 1 is 1.71 bits per heavy atom. The highest BCUT2D eigenvalue weighted by Gasteiger charge is 2.14. The van der Waals surface area contributed by atoms with Crippen LogP contribution in [0, 0.1) is 12.8 Å². The summed E-state index contributed by atoms with van der Waals surface area (Å²) in [5.74, 6) is 1.57. The van der Waals surface area contributed by atoms with Gasteiger partial charge in [0.2, 0.25) is 0 Å². The first-order valence-corrected chi connectivity index (χ1v) is 2.77. The molecule has 1 saturated heterocycles. The van der Waals surface area contributed by atoms with Crippen LogP contribution in [0.4, 0.5) is 0 Å². The van der Waals surface area contributed by atoms with Crippen molar-refractivity contribution in [2.24, 2.45) is 0 Å². The van der Waals surface area contributed by atoms with E-state index in [0.717, 1.165) is 13.0 Å². The Labute approximate surface area is 45.1 Å². The van der Waals surface area contributed by atoms with Gasteiger partial charge < -0.3 is 5.32 Å². The molecule has 7 heavy (non-hydrogen) atoms. The average molecular weight is 97.2 g/mol. The van der Waals surface area contributed by atoms with Crippen LogP contribution in [0.15, 0.2) is 0 Å². The van der Waals surface area contributed by atoms with E-state index < -0.39 is 0 Å². The molecule has 0 amide bonds. The maximum Gasteiger partial charge on any atom is 0.0926 e. The monoisotopic (exact) mass is 97.1 g/mol. The Bertz CT molecular complexity index is 46.1. The molecule has 1 heteroatoms. The molecule has 0 atom stereocenters. The second kappa shape index (κ2) is 2.22. The molecule has 0 aromatic heterocycles. The van der Waals surface area contributed by atoms with Gasteiger partial charge in [-0.1, -0.05) is 0 Å². The maximum atomic E-state index is 3.79. The van der Waals surface area contributed by atoms with Gasteiger partial charge in [0.25, 0.3) is 0 Å². The fraction of sp³-hybridized carbons (Fsp3) is 0.667. The summed E-state index contributed by atoms with van der Waals surface area (Å²) in [5, 5.41) is 3.25. The molecular weight excluding hydrogens is 86.1 g/mol. The van der Waals surface area contributed by atoms with Crippen molar-refractivity contribution in [1.82, 2.24) is 5.32 Å². The van der Waals surface area contributed by atoms with E-state index in [0.29, 0.717) is 0 Å². The van der Waals surface area contributed by atoms with E-state index in [9.17, 15) is 0 Å². The molecule has 0 spiro atoms. The zero-order chi connectivity index (χ0) is 5.11. The van der Waals surface area contributed by atoms with Gasteiger partial charge in [0.1, 0.15) is 0 Å². The average Bonchev–Trinajstić information content (AvgIpc) is 2.14. The lowest BCUT2D eigenvalue weighted by Crippen LogP contribution is -2.06. The van der Waals surface area contributed by atoms with Crippen LogP contribution in [-0.2, 0) is 0 Å². The van der Waals surface area contributed by atoms with Crippen LogP contribution in [-0.4, -0.2) is 13.1 Å². The lowest BCUT2D eigenvalue weighted by molar-refractivity contribution is 0.854. The van der Waals surface area contributed by atoms with E-state index in [4.69, 9.17) is 0 Å². The van der Waals surface area contributed by atoms with Crippen molar-refractivity contribution in [3.63, 3.8) is 0 Å². The van der Waals surface area contributed by atoms with Crippen molar-refractivity contribution in [2.75, 3.05) is 13.1 Å².